The van der Waals surface area contributed by atoms with Crippen LogP contribution in [0.3, 0.4) is 0 Å². The topological polar surface area (TPSA) is 29.3 Å². The van der Waals surface area contributed by atoms with E-state index >= 15 is 0 Å². The Morgan fingerprint density at radius 3 is 2.58 bits per heavy atom. The molecule has 0 unspecified atom stereocenters. The second-order valence-electron chi connectivity index (χ2n) is 5.75. The summed E-state index contributed by atoms with van der Waals surface area (Å²) in [5.41, 5.74) is 9.59. The number of hydrogen-bond acceptors (Lipinski definition) is 2. The molecular weight excluding hydrogens is 232 g/mol. The number of fused-ring (bicyclic) bond motifs is 1. The molecule has 0 saturated carbocycles. The van der Waals surface area contributed by atoms with Gasteiger partial charge in [0.25, 0.3) is 0 Å². The summed E-state index contributed by atoms with van der Waals surface area (Å²) in [7, 11) is 0. The zero-order valence-corrected chi connectivity index (χ0v) is 12.3. The Morgan fingerprint density at radius 1 is 1.05 bits per heavy atom. The number of nitrogen functional groups attached to an aromatic ring is 1. The Morgan fingerprint density at radius 2 is 1.79 bits per heavy atom. The first-order valence-corrected chi connectivity index (χ1v) is 7.94. The van der Waals surface area contributed by atoms with Crippen LogP contribution in [0.2, 0.25) is 0 Å². The van der Waals surface area contributed by atoms with Crippen LogP contribution in [0.25, 0.3) is 0 Å². The summed E-state index contributed by atoms with van der Waals surface area (Å²) in [4.78, 5) is 2.53. The van der Waals surface area contributed by atoms with E-state index < -0.39 is 0 Å². The van der Waals surface area contributed by atoms with Gasteiger partial charge in [-0.25, -0.2) is 0 Å². The third kappa shape index (κ3) is 4.15. The average molecular weight is 260 g/mol. The van der Waals surface area contributed by atoms with Gasteiger partial charge in [-0.15, -0.1) is 0 Å². The maximum Gasteiger partial charge on any atom is 0.0401 e. The Hall–Kier alpha value is -1.18. The van der Waals surface area contributed by atoms with Crippen LogP contribution in [0.5, 0.6) is 0 Å². The molecule has 1 aromatic carbocycles. The van der Waals surface area contributed by atoms with E-state index in [0.29, 0.717) is 0 Å². The molecule has 19 heavy (non-hydrogen) atoms. The van der Waals surface area contributed by atoms with Gasteiger partial charge in [-0.2, -0.15) is 0 Å². The molecule has 2 N–H and O–H groups in total. The molecule has 1 heterocycles. The molecule has 0 amide bonds. The van der Waals surface area contributed by atoms with Crippen molar-refractivity contribution in [3.8, 4) is 0 Å². The minimum atomic E-state index is 0.900. The van der Waals surface area contributed by atoms with Crippen molar-refractivity contribution < 1.29 is 0 Å². The van der Waals surface area contributed by atoms with Crippen molar-refractivity contribution in [3.05, 3.63) is 23.8 Å². The number of hydrogen-bond donors (Lipinski definition) is 1. The molecule has 1 aliphatic rings. The fourth-order valence-electron chi connectivity index (χ4n) is 2.98. The van der Waals surface area contributed by atoms with E-state index in [9.17, 15) is 0 Å². The summed E-state index contributed by atoms with van der Waals surface area (Å²) in [5, 5.41) is 0. The average Bonchev–Trinajstić information content (AvgIpc) is 2.80. The van der Waals surface area contributed by atoms with Gasteiger partial charge in [0.05, 0.1) is 0 Å². The predicted octanol–water partition coefficient (Wildman–Crippen LogP) is 4.38. The van der Waals surface area contributed by atoms with Crippen molar-refractivity contribution in [1.82, 2.24) is 0 Å². The number of anilines is 2. The third-order valence-electron chi connectivity index (χ3n) is 4.13. The number of nitrogens with zero attached hydrogens (tertiary/aromatic N) is 1. The highest BCUT2D eigenvalue weighted by molar-refractivity contribution is 5.62. The molecule has 0 radical (unpaired) electrons. The molecule has 2 heteroatoms. The quantitative estimate of drug-likeness (QED) is 0.555. The Bertz CT molecular complexity index is 387. The van der Waals surface area contributed by atoms with Gasteiger partial charge in [0.2, 0.25) is 0 Å². The van der Waals surface area contributed by atoms with E-state index in [0.717, 1.165) is 12.1 Å². The molecule has 106 valence electrons. The third-order valence-corrected chi connectivity index (χ3v) is 4.13. The van der Waals surface area contributed by atoms with E-state index in [1.54, 1.807) is 0 Å². The highest BCUT2D eigenvalue weighted by atomic mass is 15.1. The zero-order valence-electron chi connectivity index (χ0n) is 12.3. The lowest BCUT2D eigenvalue weighted by molar-refractivity contribution is 0.585. The Balaban J connectivity index is 1.66. The summed E-state index contributed by atoms with van der Waals surface area (Å²) in [5.74, 6) is 0. The lowest BCUT2D eigenvalue weighted by Crippen LogP contribution is -2.21. The number of nitrogens with two attached hydrogens (primary N) is 1. The monoisotopic (exact) mass is 260 g/mol. The second-order valence-corrected chi connectivity index (χ2v) is 5.75. The summed E-state index contributed by atoms with van der Waals surface area (Å²) >= 11 is 0. The molecule has 2 rings (SSSR count). The van der Waals surface area contributed by atoms with Gasteiger partial charge in [0.15, 0.2) is 0 Å². The van der Waals surface area contributed by atoms with Crippen LogP contribution < -0.4 is 10.6 Å². The summed E-state index contributed by atoms with van der Waals surface area (Å²) < 4.78 is 0. The van der Waals surface area contributed by atoms with Crippen LogP contribution >= 0.6 is 0 Å². The lowest BCUT2D eigenvalue weighted by atomic mass is 10.1. The van der Waals surface area contributed by atoms with Gasteiger partial charge < -0.3 is 10.6 Å². The number of benzene rings is 1. The maximum atomic E-state index is 5.84. The van der Waals surface area contributed by atoms with E-state index in [1.165, 1.54) is 69.3 Å². The molecule has 0 bridgehead atoms. The van der Waals surface area contributed by atoms with E-state index in [4.69, 9.17) is 5.73 Å². The number of rotatable bonds is 8. The van der Waals surface area contributed by atoms with Gasteiger partial charge in [0, 0.05) is 24.5 Å². The highest BCUT2D eigenvalue weighted by Crippen LogP contribution is 2.29. The smallest absolute Gasteiger partial charge is 0.0401 e. The molecule has 0 spiro atoms. The van der Waals surface area contributed by atoms with E-state index in [-0.39, 0.29) is 0 Å². The van der Waals surface area contributed by atoms with Crippen LogP contribution in [-0.4, -0.2) is 13.1 Å². The van der Waals surface area contributed by atoms with Gasteiger partial charge in [-0.05, 0) is 36.6 Å². The summed E-state index contributed by atoms with van der Waals surface area (Å²) in [6.45, 7) is 4.66. The van der Waals surface area contributed by atoms with Gasteiger partial charge in [-0.1, -0.05) is 45.4 Å². The fourth-order valence-corrected chi connectivity index (χ4v) is 2.98. The van der Waals surface area contributed by atoms with Crippen LogP contribution in [0, 0.1) is 0 Å². The normalized spacial score (nSPS) is 13.8. The zero-order chi connectivity index (χ0) is 13.5. The highest BCUT2D eigenvalue weighted by Gasteiger charge is 2.18. The van der Waals surface area contributed by atoms with Crippen LogP contribution in [0.15, 0.2) is 18.2 Å². The van der Waals surface area contributed by atoms with Crippen molar-refractivity contribution in [2.24, 2.45) is 0 Å². The first-order chi connectivity index (χ1) is 9.31. The fraction of sp³-hybridized carbons (Fsp3) is 0.647. The van der Waals surface area contributed by atoms with E-state index in [2.05, 4.69) is 24.0 Å². The molecule has 0 aliphatic carbocycles. The van der Waals surface area contributed by atoms with Crippen molar-refractivity contribution in [2.75, 3.05) is 23.7 Å². The standard InChI is InChI=1S/C17H28N2/c1-2-3-4-5-6-7-8-12-19-13-11-15-14-16(18)9-10-17(15)19/h9-10,14H,2-8,11-13,18H2,1H3. The van der Waals surface area contributed by atoms with Crippen LogP contribution in [0.1, 0.15) is 57.4 Å². The molecule has 0 atom stereocenters. The van der Waals surface area contributed by atoms with Gasteiger partial charge in [-0.3, -0.25) is 0 Å². The van der Waals surface area contributed by atoms with Gasteiger partial charge >= 0.3 is 0 Å². The summed E-state index contributed by atoms with van der Waals surface area (Å²) in [6.07, 6.45) is 10.9. The molecule has 0 fully saturated rings. The molecule has 1 aliphatic heterocycles. The Kier molecular flexibility index (Phi) is 5.56. The van der Waals surface area contributed by atoms with Crippen LogP contribution in [-0.2, 0) is 6.42 Å². The Labute approximate surface area is 118 Å². The first-order valence-electron chi connectivity index (χ1n) is 7.94. The van der Waals surface area contributed by atoms with E-state index in [1.807, 2.05) is 6.07 Å². The molecule has 0 aromatic heterocycles. The lowest BCUT2D eigenvalue weighted by Gasteiger charge is -2.19. The first kappa shape index (κ1) is 14.2. The molecule has 2 nitrogen and oxygen atoms in total. The minimum Gasteiger partial charge on any atom is -0.399 e. The molecule has 0 saturated heterocycles. The van der Waals surface area contributed by atoms with Crippen molar-refractivity contribution in [1.29, 1.82) is 0 Å². The molecular formula is C17H28N2. The molecule has 1 aromatic rings. The van der Waals surface area contributed by atoms with Crippen molar-refractivity contribution in [2.45, 2.75) is 58.3 Å². The van der Waals surface area contributed by atoms with Gasteiger partial charge in [0.1, 0.15) is 0 Å². The van der Waals surface area contributed by atoms with Crippen LogP contribution in [0.4, 0.5) is 11.4 Å². The largest absolute Gasteiger partial charge is 0.399 e. The minimum absolute atomic E-state index is 0.900. The second kappa shape index (κ2) is 7.42. The van der Waals surface area contributed by atoms with Crippen molar-refractivity contribution >= 4 is 11.4 Å². The van der Waals surface area contributed by atoms with Crippen molar-refractivity contribution in [3.63, 3.8) is 0 Å². The number of unbranched alkanes of at least 4 members (excludes halogenated alkanes) is 6. The maximum absolute atomic E-state index is 5.84. The predicted molar refractivity (Wildman–Crippen MR) is 84.8 cm³/mol. The summed E-state index contributed by atoms with van der Waals surface area (Å²) in [6, 6.07) is 6.36. The SMILES string of the molecule is CCCCCCCCCN1CCc2cc(N)ccc21.